The maximum atomic E-state index is 9.67. The fraction of sp³-hybridized carbons (Fsp3) is 1.00. The number of aliphatic hydroxyl groups excluding tert-OH is 2. The van der Waals surface area contributed by atoms with Crippen molar-refractivity contribution in [2.75, 3.05) is 13.7 Å². The van der Waals surface area contributed by atoms with Crippen LogP contribution in [0.2, 0.25) is 0 Å². The van der Waals surface area contributed by atoms with Crippen LogP contribution in [0, 0.1) is 0 Å². The molecule has 1 rings (SSSR count). The molecule has 1 saturated heterocycles. The third kappa shape index (κ3) is 1.25. The van der Waals surface area contributed by atoms with Crippen molar-refractivity contribution >= 4 is 0 Å². The molecule has 2 unspecified atom stereocenters. The van der Waals surface area contributed by atoms with Crippen LogP contribution >= 0.6 is 0 Å². The van der Waals surface area contributed by atoms with Crippen molar-refractivity contribution in [1.82, 2.24) is 0 Å². The summed E-state index contributed by atoms with van der Waals surface area (Å²) in [5.41, 5.74) is -0.701. The first-order valence-corrected chi connectivity index (χ1v) is 4.05. The Bertz CT molecular complexity index is 161. The van der Waals surface area contributed by atoms with Crippen LogP contribution in [0.4, 0.5) is 0 Å². The number of hydrogen-bond donors (Lipinski definition) is 2. The van der Waals surface area contributed by atoms with E-state index in [0.29, 0.717) is 0 Å². The van der Waals surface area contributed by atoms with Crippen LogP contribution in [-0.4, -0.2) is 47.8 Å². The monoisotopic (exact) mass is 176 g/mol. The second-order valence-corrected chi connectivity index (χ2v) is 3.33. The van der Waals surface area contributed by atoms with Gasteiger partial charge in [0, 0.05) is 7.11 Å². The molecule has 12 heavy (non-hydrogen) atoms. The Balaban J connectivity index is 2.76. The second-order valence-electron chi connectivity index (χ2n) is 3.33. The maximum absolute atomic E-state index is 9.67. The highest BCUT2D eigenvalue weighted by atomic mass is 16.6. The van der Waals surface area contributed by atoms with Crippen LogP contribution in [0.3, 0.4) is 0 Å². The molecule has 0 aromatic heterocycles. The van der Waals surface area contributed by atoms with Gasteiger partial charge in [-0.3, -0.25) is 0 Å². The molecule has 0 aromatic carbocycles. The van der Waals surface area contributed by atoms with Crippen molar-refractivity contribution in [2.24, 2.45) is 0 Å². The number of hydrogen-bond acceptors (Lipinski definition) is 4. The highest BCUT2D eigenvalue weighted by Crippen LogP contribution is 2.33. The molecule has 0 spiro atoms. The molecule has 0 aliphatic carbocycles. The standard InChI is InChI=1S/C8H16O4/c1-5-8(2,11-3)7(10)6(4-9)12-5/h5-7,9-10H,4H2,1-3H3/t5-,6+,7?,8?/m0/s1. The van der Waals surface area contributed by atoms with E-state index < -0.39 is 17.8 Å². The molecule has 0 amide bonds. The van der Waals surface area contributed by atoms with E-state index in [4.69, 9.17) is 14.6 Å². The summed E-state index contributed by atoms with van der Waals surface area (Å²) < 4.78 is 10.5. The first kappa shape index (κ1) is 9.92. The van der Waals surface area contributed by atoms with Gasteiger partial charge >= 0.3 is 0 Å². The molecule has 1 heterocycles. The van der Waals surface area contributed by atoms with E-state index in [1.807, 2.05) is 6.92 Å². The fourth-order valence-electron chi connectivity index (χ4n) is 1.51. The maximum Gasteiger partial charge on any atom is 0.119 e. The zero-order valence-electron chi connectivity index (χ0n) is 7.65. The lowest BCUT2D eigenvalue weighted by Gasteiger charge is -2.29. The summed E-state index contributed by atoms with van der Waals surface area (Å²) >= 11 is 0. The summed E-state index contributed by atoms with van der Waals surface area (Å²) in [6.45, 7) is 3.42. The van der Waals surface area contributed by atoms with Crippen molar-refractivity contribution in [1.29, 1.82) is 0 Å². The van der Waals surface area contributed by atoms with Gasteiger partial charge in [-0.1, -0.05) is 0 Å². The molecule has 4 atom stereocenters. The molecule has 0 bridgehead atoms. The quantitative estimate of drug-likeness (QED) is 0.597. The number of methoxy groups -OCH3 is 1. The Morgan fingerprint density at radius 2 is 2.17 bits per heavy atom. The van der Waals surface area contributed by atoms with Gasteiger partial charge in [0.1, 0.15) is 17.8 Å². The van der Waals surface area contributed by atoms with Crippen LogP contribution < -0.4 is 0 Å². The SMILES string of the molecule is COC1(C)C(O)[C@@H](CO)O[C@H]1C. The molecule has 1 aliphatic rings. The molecular formula is C8H16O4. The van der Waals surface area contributed by atoms with Crippen molar-refractivity contribution in [3.8, 4) is 0 Å². The average Bonchev–Trinajstić information content (AvgIpc) is 2.30. The normalized spacial score (nSPS) is 48.2. The number of rotatable bonds is 2. The highest BCUT2D eigenvalue weighted by molar-refractivity contribution is 4.99. The molecule has 0 saturated carbocycles. The van der Waals surface area contributed by atoms with Gasteiger partial charge in [-0.25, -0.2) is 0 Å². The van der Waals surface area contributed by atoms with E-state index >= 15 is 0 Å². The highest BCUT2D eigenvalue weighted by Gasteiger charge is 2.51. The van der Waals surface area contributed by atoms with Crippen LogP contribution in [0.25, 0.3) is 0 Å². The summed E-state index contributed by atoms with van der Waals surface area (Å²) in [5, 5.41) is 18.5. The lowest BCUT2D eigenvalue weighted by molar-refractivity contribution is -0.0878. The Kier molecular flexibility index (Phi) is 2.73. The van der Waals surface area contributed by atoms with Gasteiger partial charge in [0.2, 0.25) is 0 Å². The Labute approximate surface area is 72.1 Å². The van der Waals surface area contributed by atoms with Crippen molar-refractivity contribution < 1.29 is 19.7 Å². The van der Waals surface area contributed by atoms with Crippen molar-refractivity contribution in [2.45, 2.75) is 37.8 Å². The molecule has 1 fully saturated rings. The van der Waals surface area contributed by atoms with Gasteiger partial charge in [-0.15, -0.1) is 0 Å². The van der Waals surface area contributed by atoms with Crippen LogP contribution in [0.1, 0.15) is 13.8 Å². The Morgan fingerprint density at radius 3 is 2.42 bits per heavy atom. The minimum absolute atomic E-state index is 0.176. The zero-order valence-corrected chi connectivity index (χ0v) is 7.65. The van der Waals surface area contributed by atoms with E-state index in [1.54, 1.807) is 6.92 Å². The summed E-state index contributed by atoms with van der Waals surface area (Å²) in [7, 11) is 1.53. The van der Waals surface area contributed by atoms with E-state index in [2.05, 4.69) is 0 Å². The largest absolute Gasteiger partial charge is 0.394 e. The van der Waals surface area contributed by atoms with Gasteiger partial charge in [-0.05, 0) is 13.8 Å². The molecule has 0 aromatic rings. The van der Waals surface area contributed by atoms with Crippen LogP contribution in [0.15, 0.2) is 0 Å². The lowest BCUT2D eigenvalue weighted by atomic mass is 9.93. The predicted molar refractivity (Wildman–Crippen MR) is 42.8 cm³/mol. The van der Waals surface area contributed by atoms with Gasteiger partial charge in [-0.2, -0.15) is 0 Å². The first-order valence-electron chi connectivity index (χ1n) is 4.05. The Morgan fingerprint density at radius 1 is 1.58 bits per heavy atom. The van der Waals surface area contributed by atoms with Crippen LogP contribution in [0.5, 0.6) is 0 Å². The minimum Gasteiger partial charge on any atom is -0.394 e. The summed E-state index contributed by atoms with van der Waals surface area (Å²) in [6.07, 6.45) is -1.48. The first-order chi connectivity index (χ1) is 5.56. The fourth-order valence-corrected chi connectivity index (χ4v) is 1.51. The van der Waals surface area contributed by atoms with Gasteiger partial charge < -0.3 is 19.7 Å². The summed E-state index contributed by atoms with van der Waals surface area (Å²) in [5.74, 6) is 0. The molecule has 4 heteroatoms. The van der Waals surface area contributed by atoms with E-state index in [-0.39, 0.29) is 12.7 Å². The third-order valence-electron chi connectivity index (χ3n) is 2.75. The minimum atomic E-state index is -0.762. The zero-order chi connectivity index (χ0) is 9.35. The van der Waals surface area contributed by atoms with Crippen LogP contribution in [-0.2, 0) is 9.47 Å². The molecule has 2 N–H and O–H groups in total. The Hall–Kier alpha value is -0.160. The topological polar surface area (TPSA) is 58.9 Å². The molecule has 1 aliphatic heterocycles. The lowest BCUT2D eigenvalue weighted by Crippen LogP contribution is -2.46. The van der Waals surface area contributed by atoms with E-state index in [9.17, 15) is 5.11 Å². The second kappa shape index (κ2) is 3.30. The average molecular weight is 176 g/mol. The smallest absolute Gasteiger partial charge is 0.119 e. The van der Waals surface area contributed by atoms with Crippen molar-refractivity contribution in [3.05, 3.63) is 0 Å². The third-order valence-corrected chi connectivity index (χ3v) is 2.75. The number of ether oxygens (including phenoxy) is 2. The predicted octanol–water partition coefficient (Wildman–Crippen LogP) is -0.468. The summed E-state index contributed by atoms with van der Waals surface area (Å²) in [4.78, 5) is 0. The van der Waals surface area contributed by atoms with Crippen molar-refractivity contribution in [3.63, 3.8) is 0 Å². The van der Waals surface area contributed by atoms with E-state index in [1.165, 1.54) is 7.11 Å². The summed E-state index contributed by atoms with van der Waals surface area (Å²) in [6, 6.07) is 0. The van der Waals surface area contributed by atoms with Gasteiger partial charge in [0.25, 0.3) is 0 Å². The molecule has 0 radical (unpaired) electrons. The number of aliphatic hydroxyl groups is 2. The van der Waals surface area contributed by atoms with Gasteiger partial charge in [0.15, 0.2) is 0 Å². The molecule has 72 valence electrons. The molecule has 4 nitrogen and oxygen atoms in total. The molecular weight excluding hydrogens is 160 g/mol. The van der Waals surface area contributed by atoms with Gasteiger partial charge in [0.05, 0.1) is 12.7 Å². The van der Waals surface area contributed by atoms with E-state index in [0.717, 1.165) is 0 Å².